The molecule has 2 rings (SSSR count). The fourth-order valence-electron chi connectivity index (χ4n) is 1.06. The van der Waals surface area contributed by atoms with Crippen molar-refractivity contribution in [3.05, 3.63) is 29.8 Å². The molecule has 3 nitrogen and oxygen atoms in total. The number of amides is 1. The van der Waals surface area contributed by atoms with Crippen molar-refractivity contribution in [3.8, 4) is 0 Å². The summed E-state index contributed by atoms with van der Waals surface area (Å²) >= 11 is 0. The lowest BCUT2D eigenvalue weighted by Crippen LogP contribution is -2.19. The van der Waals surface area contributed by atoms with E-state index in [1.165, 1.54) is 0 Å². The average Bonchev–Trinajstić information content (AvgIpc) is 2.21. The van der Waals surface area contributed by atoms with Crippen LogP contribution in [-0.4, -0.2) is 6.09 Å². The predicted molar refractivity (Wildman–Crippen MR) is 53.7 cm³/mol. The second kappa shape index (κ2) is 4.50. The van der Waals surface area contributed by atoms with Gasteiger partial charge in [-0.3, -0.25) is 5.32 Å². The zero-order valence-electron chi connectivity index (χ0n) is 7.83. The minimum absolute atomic E-state index is 0. The van der Waals surface area contributed by atoms with E-state index < -0.39 is 0 Å². The molecule has 1 aliphatic heterocycles. The SMILES string of the molecule is CC.O=C1Nc2ccccc2CO1.[HH]. The first-order valence-electron chi connectivity index (χ1n) is 4.38. The fraction of sp³-hybridized carbons (Fsp3) is 0.300. The van der Waals surface area contributed by atoms with Gasteiger partial charge < -0.3 is 4.74 Å². The second-order valence-electron chi connectivity index (χ2n) is 2.36. The second-order valence-corrected chi connectivity index (χ2v) is 2.36. The van der Waals surface area contributed by atoms with E-state index in [-0.39, 0.29) is 7.52 Å². The molecule has 0 saturated heterocycles. The Morgan fingerprint density at radius 3 is 2.85 bits per heavy atom. The summed E-state index contributed by atoms with van der Waals surface area (Å²) in [6.07, 6.45) is -0.372. The highest BCUT2D eigenvalue weighted by Gasteiger charge is 2.13. The zero-order valence-corrected chi connectivity index (χ0v) is 7.83. The van der Waals surface area contributed by atoms with Crippen molar-refractivity contribution in [2.45, 2.75) is 20.5 Å². The molecule has 0 bridgehead atoms. The molecule has 1 aromatic rings. The van der Waals surface area contributed by atoms with Crippen LogP contribution < -0.4 is 5.32 Å². The highest BCUT2D eigenvalue weighted by molar-refractivity contribution is 5.87. The first-order chi connectivity index (χ1) is 6.36. The number of rotatable bonds is 0. The Morgan fingerprint density at radius 2 is 2.08 bits per heavy atom. The maximum atomic E-state index is 10.7. The van der Waals surface area contributed by atoms with Crippen LogP contribution in [0.2, 0.25) is 0 Å². The van der Waals surface area contributed by atoms with Crippen LogP contribution in [0.4, 0.5) is 10.5 Å². The summed E-state index contributed by atoms with van der Waals surface area (Å²) in [5.41, 5.74) is 1.87. The van der Waals surface area contributed by atoms with E-state index in [4.69, 9.17) is 4.74 Å². The van der Waals surface area contributed by atoms with Crippen LogP contribution in [-0.2, 0) is 11.3 Å². The maximum absolute atomic E-state index is 10.7. The quantitative estimate of drug-likeness (QED) is 0.668. The van der Waals surface area contributed by atoms with Crippen molar-refractivity contribution in [2.24, 2.45) is 0 Å². The van der Waals surface area contributed by atoms with Crippen molar-refractivity contribution in [3.63, 3.8) is 0 Å². The third-order valence-electron chi connectivity index (χ3n) is 1.61. The molecule has 0 aromatic heterocycles. The number of nitrogens with one attached hydrogen (secondary N) is 1. The van der Waals surface area contributed by atoms with Gasteiger partial charge in [-0.2, -0.15) is 0 Å². The number of carbonyl (C=O) groups is 1. The van der Waals surface area contributed by atoms with Gasteiger partial charge in [-0.1, -0.05) is 32.0 Å². The Morgan fingerprint density at radius 1 is 1.38 bits per heavy atom. The van der Waals surface area contributed by atoms with Crippen molar-refractivity contribution in [1.29, 1.82) is 0 Å². The Bertz CT molecular complexity index is 302. The van der Waals surface area contributed by atoms with Gasteiger partial charge in [-0.25, -0.2) is 4.79 Å². The van der Waals surface area contributed by atoms with E-state index in [2.05, 4.69) is 5.32 Å². The number of carbonyl (C=O) groups excluding carboxylic acids is 1. The third kappa shape index (κ3) is 2.21. The Hall–Kier alpha value is -1.51. The van der Waals surface area contributed by atoms with Gasteiger partial charge in [-0.15, -0.1) is 0 Å². The first kappa shape index (κ1) is 9.58. The van der Waals surface area contributed by atoms with Crippen LogP contribution in [0.3, 0.4) is 0 Å². The van der Waals surface area contributed by atoms with Gasteiger partial charge in [0.1, 0.15) is 6.61 Å². The summed E-state index contributed by atoms with van der Waals surface area (Å²) in [4.78, 5) is 10.7. The van der Waals surface area contributed by atoms with Gasteiger partial charge in [0, 0.05) is 6.99 Å². The number of anilines is 1. The number of para-hydroxylation sites is 1. The smallest absolute Gasteiger partial charge is 0.411 e. The van der Waals surface area contributed by atoms with Crippen LogP contribution >= 0.6 is 0 Å². The van der Waals surface area contributed by atoms with Crippen molar-refractivity contribution in [2.75, 3.05) is 5.32 Å². The van der Waals surface area contributed by atoms with Crippen LogP contribution in [0.15, 0.2) is 24.3 Å². The summed E-state index contributed by atoms with van der Waals surface area (Å²) < 4.78 is 4.75. The molecule has 1 aliphatic rings. The highest BCUT2D eigenvalue weighted by Crippen LogP contribution is 2.19. The summed E-state index contributed by atoms with van der Waals surface area (Å²) in [6, 6.07) is 7.58. The molecule has 3 heteroatoms. The molecule has 1 amide bonds. The molecule has 0 atom stereocenters. The van der Waals surface area contributed by atoms with E-state index in [0.29, 0.717) is 6.61 Å². The average molecular weight is 181 g/mol. The van der Waals surface area contributed by atoms with Crippen molar-refractivity contribution in [1.82, 2.24) is 0 Å². The minimum atomic E-state index is -0.372. The van der Waals surface area contributed by atoms with Gasteiger partial charge in [0.2, 0.25) is 0 Å². The van der Waals surface area contributed by atoms with E-state index in [1.807, 2.05) is 38.1 Å². The number of benzene rings is 1. The minimum Gasteiger partial charge on any atom is -0.444 e. The summed E-state index contributed by atoms with van der Waals surface area (Å²) in [6.45, 7) is 4.38. The van der Waals surface area contributed by atoms with Crippen LogP contribution in [0, 0.1) is 0 Å². The van der Waals surface area contributed by atoms with Gasteiger partial charge >= 0.3 is 6.09 Å². The molecule has 0 saturated carbocycles. The lowest BCUT2D eigenvalue weighted by atomic mass is 10.2. The van der Waals surface area contributed by atoms with Crippen molar-refractivity contribution >= 4 is 11.8 Å². The van der Waals surface area contributed by atoms with Gasteiger partial charge in [0.15, 0.2) is 0 Å². The number of ether oxygens (including phenoxy) is 1. The monoisotopic (exact) mass is 181 g/mol. The van der Waals surface area contributed by atoms with Crippen LogP contribution in [0.1, 0.15) is 20.8 Å². The molecule has 0 fully saturated rings. The molecular weight excluding hydrogens is 166 g/mol. The largest absolute Gasteiger partial charge is 0.444 e. The summed E-state index contributed by atoms with van der Waals surface area (Å²) in [5.74, 6) is 0. The molecule has 1 aromatic carbocycles. The van der Waals surface area contributed by atoms with Gasteiger partial charge in [-0.05, 0) is 6.07 Å². The normalized spacial score (nSPS) is 12.9. The predicted octanol–water partition coefficient (Wildman–Crippen LogP) is 3.02. The molecule has 0 radical (unpaired) electrons. The van der Waals surface area contributed by atoms with E-state index in [0.717, 1.165) is 11.3 Å². The topological polar surface area (TPSA) is 38.3 Å². The van der Waals surface area contributed by atoms with E-state index in [9.17, 15) is 4.79 Å². The number of hydrogen-bond donors (Lipinski definition) is 1. The Labute approximate surface area is 79.2 Å². The highest BCUT2D eigenvalue weighted by atomic mass is 16.5. The molecule has 1 N–H and O–H groups in total. The van der Waals surface area contributed by atoms with Gasteiger partial charge in [0.05, 0.1) is 5.69 Å². The lowest BCUT2D eigenvalue weighted by molar-refractivity contribution is 0.151. The molecule has 72 valence electrons. The summed E-state index contributed by atoms with van der Waals surface area (Å²) in [7, 11) is 0. The van der Waals surface area contributed by atoms with E-state index in [1.54, 1.807) is 0 Å². The van der Waals surface area contributed by atoms with E-state index >= 15 is 0 Å². The molecule has 0 unspecified atom stereocenters. The molecule has 1 heterocycles. The van der Waals surface area contributed by atoms with Crippen LogP contribution in [0.25, 0.3) is 0 Å². The first-order valence-corrected chi connectivity index (χ1v) is 4.38. The van der Waals surface area contributed by atoms with Gasteiger partial charge in [0.25, 0.3) is 0 Å². The number of hydrogen-bond acceptors (Lipinski definition) is 2. The molecule has 0 spiro atoms. The molecular formula is C10H15NO2. The number of cyclic esters (lactones) is 1. The van der Waals surface area contributed by atoms with Crippen molar-refractivity contribution < 1.29 is 11.0 Å². The molecule has 13 heavy (non-hydrogen) atoms. The third-order valence-corrected chi connectivity index (χ3v) is 1.61. The molecule has 0 aliphatic carbocycles. The number of fused-ring (bicyclic) bond motifs is 1. The maximum Gasteiger partial charge on any atom is 0.411 e. The standard InChI is InChI=1S/C8H7NO2.C2H6.H2/c10-8-9-7-4-2-1-3-6(7)5-11-8;1-2;/h1-4H,5H2,(H,9,10);1-2H3;1H. The summed E-state index contributed by atoms with van der Waals surface area (Å²) in [5, 5.41) is 2.60. The Balaban J connectivity index is 0.000000531. The Kier molecular flexibility index (Phi) is 3.31. The van der Waals surface area contributed by atoms with Crippen LogP contribution in [0.5, 0.6) is 0 Å². The lowest BCUT2D eigenvalue weighted by Gasteiger charge is -2.16. The fourth-order valence-corrected chi connectivity index (χ4v) is 1.06. The zero-order chi connectivity index (χ0) is 9.68.